The summed E-state index contributed by atoms with van der Waals surface area (Å²) in [4.78, 5) is 16.0. The maximum atomic E-state index is 12.0. The lowest BCUT2D eigenvalue weighted by molar-refractivity contribution is -0.136. The molecule has 0 bridgehead atoms. The van der Waals surface area contributed by atoms with Gasteiger partial charge >= 0.3 is 5.97 Å². The Morgan fingerprint density at radius 1 is 1.41 bits per heavy atom. The lowest BCUT2D eigenvalue weighted by atomic mass is 10.1. The van der Waals surface area contributed by atoms with Gasteiger partial charge in [-0.05, 0) is 25.5 Å². The minimum atomic E-state index is -0.292. The standard InChI is InChI=1S/C12H15NO2S2/c1-4-15-11(14)10(12(16-2)17-3)9-6-5-7-13-8-9/h5-8H,4H2,1-3H3. The number of carbonyl (C=O) groups excluding carboxylic acids is 1. The summed E-state index contributed by atoms with van der Waals surface area (Å²) in [5.41, 5.74) is 1.39. The van der Waals surface area contributed by atoms with Crippen LogP contribution < -0.4 is 0 Å². The Bertz CT molecular complexity index is 398. The van der Waals surface area contributed by atoms with E-state index in [4.69, 9.17) is 4.74 Å². The fraction of sp³-hybridized carbons (Fsp3) is 0.333. The summed E-state index contributed by atoms with van der Waals surface area (Å²) < 4.78 is 6.03. The summed E-state index contributed by atoms with van der Waals surface area (Å²) in [6.45, 7) is 2.18. The van der Waals surface area contributed by atoms with Crippen LogP contribution in [-0.4, -0.2) is 30.1 Å². The van der Waals surface area contributed by atoms with Crippen molar-refractivity contribution in [1.29, 1.82) is 0 Å². The van der Waals surface area contributed by atoms with Crippen molar-refractivity contribution in [3.63, 3.8) is 0 Å². The number of thioether (sulfide) groups is 2. The molecule has 0 aliphatic carbocycles. The number of carbonyl (C=O) groups is 1. The molecule has 0 atom stereocenters. The molecule has 0 aliphatic rings. The van der Waals surface area contributed by atoms with Crippen LogP contribution in [0.2, 0.25) is 0 Å². The van der Waals surface area contributed by atoms with E-state index in [2.05, 4.69) is 4.98 Å². The molecule has 17 heavy (non-hydrogen) atoms. The van der Waals surface area contributed by atoms with E-state index >= 15 is 0 Å². The molecule has 0 spiro atoms. The molecule has 0 fully saturated rings. The van der Waals surface area contributed by atoms with Crippen LogP contribution in [0.4, 0.5) is 0 Å². The zero-order chi connectivity index (χ0) is 12.7. The van der Waals surface area contributed by atoms with E-state index in [1.165, 1.54) is 0 Å². The molecule has 0 aliphatic heterocycles. The van der Waals surface area contributed by atoms with Crippen molar-refractivity contribution >= 4 is 35.1 Å². The Morgan fingerprint density at radius 2 is 2.12 bits per heavy atom. The Balaban J connectivity index is 3.20. The van der Waals surface area contributed by atoms with Gasteiger partial charge in [0.15, 0.2) is 0 Å². The van der Waals surface area contributed by atoms with Crippen molar-refractivity contribution in [2.45, 2.75) is 6.92 Å². The fourth-order valence-electron chi connectivity index (χ4n) is 1.32. The van der Waals surface area contributed by atoms with Crippen molar-refractivity contribution in [1.82, 2.24) is 4.98 Å². The van der Waals surface area contributed by atoms with Gasteiger partial charge in [0.25, 0.3) is 0 Å². The quantitative estimate of drug-likeness (QED) is 0.607. The second-order valence-corrected chi connectivity index (χ2v) is 4.92. The Kier molecular flexibility index (Phi) is 6.15. The highest BCUT2D eigenvalue weighted by Gasteiger charge is 2.18. The molecule has 0 aromatic carbocycles. The third-order valence-corrected chi connectivity index (χ3v) is 4.15. The molecule has 5 heteroatoms. The van der Waals surface area contributed by atoms with E-state index in [1.807, 2.05) is 24.6 Å². The maximum absolute atomic E-state index is 12.0. The number of aromatic nitrogens is 1. The van der Waals surface area contributed by atoms with Gasteiger partial charge in [0.1, 0.15) is 0 Å². The second-order valence-electron chi connectivity index (χ2n) is 3.03. The lowest BCUT2D eigenvalue weighted by Gasteiger charge is -2.10. The topological polar surface area (TPSA) is 39.2 Å². The molecule has 3 nitrogen and oxygen atoms in total. The number of pyridine rings is 1. The van der Waals surface area contributed by atoms with Crippen LogP contribution in [-0.2, 0) is 9.53 Å². The fourth-order valence-corrected chi connectivity index (χ4v) is 2.80. The molecule has 1 rings (SSSR count). The molecule has 0 N–H and O–H groups in total. The molecule has 0 amide bonds. The number of hydrogen-bond acceptors (Lipinski definition) is 5. The van der Waals surface area contributed by atoms with E-state index in [0.29, 0.717) is 12.2 Å². The number of hydrogen-bond donors (Lipinski definition) is 0. The van der Waals surface area contributed by atoms with Crippen LogP contribution >= 0.6 is 23.5 Å². The van der Waals surface area contributed by atoms with Crippen LogP contribution in [0, 0.1) is 0 Å². The van der Waals surface area contributed by atoms with Gasteiger partial charge in [-0.1, -0.05) is 6.07 Å². The summed E-state index contributed by atoms with van der Waals surface area (Å²) in [5, 5.41) is 0. The summed E-state index contributed by atoms with van der Waals surface area (Å²) in [7, 11) is 0. The van der Waals surface area contributed by atoms with Crippen molar-refractivity contribution in [2.24, 2.45) is 0 Å². The first-order chi connectivity index (χ1) is 8.24. The predicted octanol–water partition coefficient (Wildman–Crippen LogP) is 3.04. The summed E-state index contributed by atoms with van der Waals surface area (Å²) in [5.74, 6) is -0.292. The molecule has 0 saturated carbocycles. The van der Waals surface area contributed by atoms with Gasteiger partial charge in [0.05, 0.1) is 16.4 Å². The predicted molar refractivity (Wildman–Crippen MR) is 74.8 cm³/mol. The summed E-state index contributed by atoms with van der Waals surface area (Å²) in [6.07, 6.45) is 7.26. The molecular weight excluding hydrogens is 254 g/mol. The van der Waals surface area contributed by atoms with Gasteiger partial charge < -0.3 is 4.74 Å². The number of esters is 1. The molecule has 0 unspecified atom stereocenters. The van der Waals surface area contributed by atoms with Gasteiger partial charge in [-0.25, -0.2) is 4.79 Å². The summed E-state index contributed by atoms with van der Waals surface area (Å²) >= 11 is 3.08. The Labute approximate surface area is 110 Å². The highest BCUT2D eigenvalue weighted by Crippen LogP contribution is 2.33. The second kappa shape index (κ2) is 7.40. The third kappa shape index (κ3) is 3.78. The first-order valence-electron chi connectivity index (χ1n) is 5.14. The van der Waals surface area contributed by atoms with Gasteiger partial charge in [0, 0.05) is 18.0 Å². The largest absolute Gasteiger partial charge is 0.462 e. The number of rotatable bonds is 5. The minimum absolute atomic E-state index is 0.292. The summed E-state index contributed by atoms with van der Waals surface area (Å²) in [6, 6.07) is 3.68. The zero-order valence-electron chi connectivity index (χ0n) is 10.1. The number of nitrogens with zero attached hydrogens (tertiary/aromatic N) is 1. The highest BCUT2D eigenvalue weighted by molar-refractivity contribution is 8.22. The monoisotopic (exact) mass is 269 g/mol. The van der Waals surface area contributed by atoms with Crippen LogP contribution in [0.3, 0.4) is 0 Å². The van der Waals surface area contributed by atoms with Gasteiger partial charge in [-0.2, -0.15) is 0 Å². The Hall–Kier alpha value is -0.940. The van der Waals surface area contributed by atoms with Crippen molar-refractivity contribution in [3.8, 4) is 0 Å². The van der Waals surface area contributed by atoms with Crippen LogP contribution in [0.5, 0.6) is 0 Å². The van der Waals surface area contributed by atoms with Crippen molar-refractivity contribution < 1.29 is 9.53 Å². The molecular formula is C12H15NO2S2. The zero-order valence-corrected chi connectivity index (χ0v) is 11.7. The minimum Gasteiger partial charge on any atom is -0.462 e. The molecule has 1 aromatic heterocycles. The van der Waals surface area contributed by atoms with Gasteiger partial charge in [-0.15, -0.1) is 23.5 Å². The Morgan fingerprint density at radius 3 is 2.59 bits per heavy atom. The van der Waals surface area contributed by atoms with Gasteiger partial charge in [0.2, 0.25) is 0 Å². The van der Waals surface area contributed by atoms with E-state index in [0.717, 1.165) is 9.80 Å². The van der Waals surface area contributed by atoms with Crippen LogP contribution in [0.15, 0.2) is 28.8 Å². The van der Waals surface area contributed by atoms with E-state index in [1.54, 1.807) is 42.8 Å². The van der Waals surface area contributed by atoms with Crippen molar-refractivity contribution in [3.05, 3.63) is 34.3 Å². The van der Waals surface area contributed by atoms with Crippen LogP contribution in [0.25, 0.3) is 5.57 Å². The first-order valence-corrected chi connectivity index (χ1v) is 7.59. The normalized spacial score (nSPS) is 9.82. The third-order valence-electron chi connectivity index (χ3n) is 2.00. The molecule has 0 radical (unpaired) electrons. The van der Waals surface area contributed by atoms with Crippen LogP contribution in [0.1, 0.15) is 12.5 Å². The average Bonchev–Trinajstić information content (AvgIpc) is 2.37. The molecule has 1 aromatic rings. The molecule has 92 valence electrons. The maximum Gasteiger partial charge on any atom is 0.340 e. The van der Waals surface area contributed by atoms with Gasteiger partial charge in [-0.3, -0.25) is 4.98 Å². The smallest absolute Gasteiger partial charge is 0.340 e. The number of ether oxygens (including phenoxy) is 1. The molecule has 0 saturated heterocycles. The first kappa shape index (κ1) is 14.1. The van der Waals surface area contributed by atoms with E-state index < -0.39 is 0 Å². The van der Waals surface area contributed by atoms with Crippen molar-refractivity contribution in [2.75, 3.05) is 19.1 Å². The highest BCUT2D eigenvalue weighted by atomic mass is 32.2. The van der Waals surface area contributed by atoms with E-state index in [9.17, 15) is 4.79 Å². The lowest BCUT2D eigenvalue weighted by Crippen LogP contribution is -2.08. The average molecular weight is 269 g/mol. The SMILES string of the molecule is CCOC(=O)C(=C(SC)SC)c1cccnc1. The van der Waals surface area contributed by atoms with E-state index in [-0.39, 0.29) is 5.97 Å². The molecule has 1 heterocycles.